The fourth-order valence-electron chi connectivity index (χ4n) is 3.95. The summed E-state index contributed by atoms with van der Waals surface area (Å²) in [6, 6.07) is 14.4. The smallest absolute Gasteiger partial charge is 0.409 e. The summed E-state index contributed by atoms with van der Waals surface area (Å²) in [6.45, 7) is 5.54. The Labute approximate surface area is 208 Å². The van der Waals surface area contributed by atoms with Gasteiger partial charge in [-0.2, -0.15) is 0 Å². The van der Waals surface area contributed by atoms with Crippen molar-refractivity contribution in [1.29, 1.82) is 0 Å². The van der Waals surface area contributed by atoms with Crippen LogP contribution < -0.4 is 5.32 Å². The van der Waals surface area contributed by atoms with Gasteiger partial charge in [0.2, 0.25) is 5.91 Å². The Morgan fingerprint density at radius 3 is 2.34 bits per heavy atom. The summed E-state index contributed by atoms with van der Waals surface area (Å²) < 4.78 is 5.19. The first-order valence-electron chi connectivity index (χ1n) is 11.5. The van der Waals surface area contributed by atoms with E-state index in [2.05, 4.69) is 5.32 Å². The van der Waals surface area contributed by atoms with Crippen molar-refractivity contribution in [2.24, 2.45) is 0 Å². The van der Waals surface area contributed by atoms with E-state index in [0.29, 0.717) is 60.3 Å². The van der Waals surface area contributed by atoms with Gasteiger partial charge in [-0.1, -0.05) is 36.7 Å². The molecule has 35 heavy (non-hydrogen) atoms. The minimum Gasteiger partial charge on any atom is -0.449 e. The second-order valence-electron chi connectivity index (χ2n) is 8.37. The van der Waals surface area contributed by atoms with Crippen molar-refractivity contribution < 1.29 is 19.1 Å². The maximum atomic E-state index is 13.2. The summed E-state index contributed by atoms with van der Waals surface area (Å²) in [5.41, 5.74) is 3.33. The van der Waals surface area contributed by atoms with Gasteiger partial charge in [-0.3, -0.25) is 9.59 Å². The number of benzene rings is 2. The van der Waals surface area contributed by atoms with E-state index >= 15 is 0 Å². The molecule has 8 nitrogen and oxygen atoms in total. The molecule has 1 aromatic heterocycles. The number of carbonyl (C=O) groups excluding carboxylic acids is 3. The van der Waals surface area contributed by atoms with Gasteiger partial charge >= 0.3 is 6.09 Å². The number of ether oxygens (including phenoxy) is 1. The van der Waals surface area contributed by atoms with Crippen LogP contribution in [0.15, 0.2) is 48.5 Å². The van der Waals surface area contributed by atoms with Gasteiger partial charge in [-0.25, -0.2) is 9.78 Å². The summed E-state index contributed by atoms with van der Waals surface area (Å²) in [5.74, 6) is -0.254. The average Bonchev–Trinajstić information content (AvgIpc) is 2.86. The number of anilines is 1. The summed E-state index contributed by atoms with van der Waals surface area (Å²) in [7, 11) is 0. The van der Waals surface area contributed by atoms with E-state index in [-0.39, 0.29) is 17.9 Å². The van der Waals surface area contributed by atoms with E-state index in [0.717, 1.165) is 17.4 Å². The predicted molar refractivity (Wildman–Crippen MR) is 136 cm³/mol. The van der Waals surface area contributed by atoms with Crippen LogP contribution in [-0.2, 0) is 9.53 Å². The Morgan fingerprint density at radius 2 is 1.69 bits per heavy atom. The lowest BCUT2D eigenvalue weighted by Gasteiger charge is -2.34. The lowest BCUT2D eigenvalue weighted by molar-refractivity contribution is -0.114. The zero-order valence-electron chi connectivity index (χ0n) is 19.7. The lowest BCUT2D eigenvalue weighted by Crippen LogP contribution is -2.50. The molecule has 3 amide bonds. The molecule has 0 spiro atoms. The van der Waals surface area contributed by atoms with Gasteiger partial charge < -0.3 is 19.9 Å². The fourth-order valence-corrected chi connectivity index (χ4v) is 4.21. The molecule has 0 atom stereocenters. The first-order chi connectivity index (χ1) is 16.9. The number of rotatable bonds is 5. The lowest BCUT2D eigenvalue weighted by atomic mass is 10.1. The number of amides is 3. The van der Waals surface area contributed by atoms with Crippen molar-refractivity contribution in [3.8, 4) is 11.3 Å². The number of aromatic nitrogens is 1. The normalized spacial score (nSPS) is 13.6. The minimum absolute atomic E-state index is 0.114. The topological polar surface area (TPSA) is 91.8 Å². The highest BCUT2D eigenvalue weighted by molar-refractivity contribution is 6.35. The molecular weight excluding hydrogens is 468 g/mol. The van der Waals surface area contributed by atoms with Crippen molar-refractivity contribution in [2.45, 2.75) is 20.3 Å². The fraction of sp³-hybridized carbons (Fsp3) is 0.308. The number of nitrogens with one attached hydrogen (secondary N) is 1. The van der Waals surface area contributed by atoms with Crippen LogP contribution in [0.5, 0.6) is 0 Å². The monoisotopic (exact) mass is 494 g/mol. The number of pyridine rings is 1. The molecule has 1 N–H and O–H groups in total. The van der Waals surface area contributed by atoms with Gasteiger partial charge in [0.05, 0.1) is 22.8 Å². The summed E-state index contributed by atoms with van der Waals surface area (Å²) in [5, 5.41) is 4.03. The van der Waals surface area contributed by atoms with Gasteiger partial charge in [0, 0.05) is 55.3 Å². The Morgan fingerprint density at radius 1 is 1.00 bits per heavy atom. The molecule has 0 saturated carbocycles. The highest BCUT2D eigenvalue weighted by atomic mass is 35.5. The number of hydrogen-bond donors (Lipinski definition) is 1. The maximum absolute atomic E-state index is 13.2. The van der Waals surface area contributed by atoms with Gasteiger partial charge in [0.15, 0.2) is 0 Å². The van der Waals surface area contributed by atoms with E-state index in [9.17, 15) is 14.4 Å². The van der Waals surface area contributed by atoms with Gasteiger partial charge in [0.25, 0.3) is 5.91 Å². The van der Waals surface area contributed by atoms with Crippen LogP contribution in [0.4, 0.5) is 10.5 Å². The van der Waals surface area contributed by atoms with E-state index in [1.807, 2.05) is 19.1 Å². The largest absolute Gasteiger partial charge is 0.449 e. The molecule has 2 heterocycles. The van der Waals surface area contributed by atoms with Crippen LogP contribution >= 0.6 is 11.6 Å². The number of fused-ring (bicyclic) bond motifs is 1. The third-order valence-corrected chi connectivity index (χ3v) is 6.07. The first-order valence-corrected chi connectivity index (χ1v) is 11.9. The van der Waals surface area contributed by atoms with Crippen LogP contribution in [-0.4, -0.2) is 65.5 Å². The SMILES string of the molecule is CCCOC(=O)N1CCN(C(=O)c2ccc3c(Cl)cc(-c4ccc(NC(C)=O)cc4)nc3c2)CC1. The van der Waals surface area contributed by atoms with E-state index in [4.69, 9.17) is 21.3 Å². The van der Waals surface area contributed by atoms with Crippen LogP contribution in [0.25, 0.3) is 22.2 Å². The molecule has 4 rings (SSSR count). The Balaban J connectivity index is 1.51. The van der Waals surface area contributed by atoms with Crippen LogP contribution in [0.3, 0.4) is 0 Å². The second-order valence-corrected chi connectivity index (χ2v) is 8.78. The molecule has 3 aromatic rings. The maximum Gasteiger partial charge on any atom is 0.409 e. The highest BCUT2D eigenvalue weighted by Gasteiger charge is 2.26. The average molecular weight is 495 g/mol. The number of carbonyl (C=O) groups is 3. The van der Waals surface area contributed by atoms with Crippen molar-refractivity contribution in [1.82, 2.24) is 14.8 Å². The molecular formula is C26H27ClN4O4. The number of nitrogens with zero attached hydrogens (tertiary/aromatic N) is 3. The first kappa shape index (κ1) is 24.5. The zero-order valence-corrected chi connectivity index (χ0v) is 20.5. The third-order valence-electron chi connectivity index (χ3n) is 5.76. The quantitative estimate of drug-likeness (QED) is 0.549. The summed E-state index contributed by atoms with van der Waals surface area (Å²) in [4.78, 5) is 44.6. The van der Waals surface area contributed by atoms with Crippen LogP contribution in [0.2, 0.25) is 5.02 Å². The predicted octanol–water partition coefficient (Wildman–Crippen LogP) is 4.82. The van der Waals surface area contributed by atoms with Crippen molar-refractivity contribution in [3.63, 3.8) is 0 Å². The Kier molecular flexibility index (Phi) is 7.51. The van der Waals surface area contributed by atoms with Gasteiger partial charge in [-0.15, -0.1) is 0 Å². The molecule has 1 fully saturated rings. The molecule has 0 bridgehead atoms. The number of piperazine rings is 1. The van der Waals surface area contributed by atoms with E-state index in [1.54, 1.807) is 46.2 Å². The van der Waals surface area contributed by atoms with Gasteiger partial charge in [-0.05, 0) is 36.8 Å². The molecule has 2 aromatic carbocycles. The number of halogens is 1. The van der Waals surface area contributed by atoms with Crippen molar-refractivity contribution >= 4 is 46.1 Å². The van der Waals surface area contributed by atoms with E-state index < -0.39 is 0 Å². The molecule has 1 aliphatic rings. The Hall–Kier alpha value is -3.65. The standard InChI is InChI=1S/C26H27ClN4O4/c1-3-14-35-26(34)31-12-10-30(11-13-31)25(33)19-6-9-21-22(27)16-23(29-24(21)15-19)18-4-7-20(8-5-18)28-17(2)32/h4-9,15-16H,3,10-14H2,1-2H3,(H,28,32). The number of hydrogen-bond acceptors (Lipinski definition) is 5. The Bertz CT molecular complexity index is 1250. The minimum atomic E-state index is -0.332. The zero-order chi connectivity index (χ0) is 24.9. The van der Waals surface area contributed by atoms with Crippen molar-refractivity contribution in [2.75, 3.05) is 38.1 Å². The molecule has 0 unspecified atom stereocenters. The molecule has 1 saturated heterocycles. The summed E-state index contributed by atoms with van der Waals surface area (Å²) >= 11 is 6.53. The van der Waals surface area contributed by atoms with E-state index in [1.165, 1.54) is 6.92 Å². The third kappa shape index (κ3) is 5.71. The molecule has 182 valence electrons. The highest BCUT2D eigenvalue weighted by Crippen LogP contribution is 2.29. The summed E-state index contributed by atoms with van der Waals surface area (Å²) in [6.07, 6.45) is 0.440. The second kappa shape index (κ2) is 10.7. The van der Waals surface area contributed by atoms with Crippen molar-refractivity contribution in [3.05, 3.63) is 59.1 Å². The van der Waals surface area contributed by atoms with Gasteiger partial charge in [0.1, 0.15) is 0 Å². The van der Waals surface area contributed by atoms with Crippen LogP contribution in [0.1, 0.15) is 30.6 Å². The molecule has 9 heteroatoms. The molecule has 0 radical (unpaired) electrons. The van der Waals surface area contributed by atoms with Crippen LogP contribution in [0, 0.1) is 0 Å². The molecule has 0 aliphatic carbocycles. The molecule has 1 aliphatic heterocycles.